The maximum atomic E-state index is 12.9. The van der Waals surface area contributed by atoms with Crippen LogP contribution in [0.25, 0.3) is 5.69 Å². The van der Waals surface area contributed by atoms with Gasteiger partial charge in [0.05, 0.1) is 17.9 Å². The molecule has 0 amide bonds. The highest BCUT2D eigenvalue weighted by atomic mass is 32.1. The van der Waals surface area contributed by atoms with E-state index in [1.807, 2.05) is 18.3 Å². The predicted octanol–water partition coefficient (Wildman–Crippen LogP) is 2.72. The first-order valence-electron chi connectivity index (χ1n) is 7.57. The molecule has 0 aliphatic heterocycles. The molecule has 0 saturated heterocycles. The Morgan fingerprint density at radius 3 is 2.83 bits per heavy atom. The van der Waals surface area contributed by atoms with E-state index in [2.05, 4.69) is 26.9 Å². The maximum absolute atomic E-state index is 12.9. The van der Waals surface area contributed by atoms with Crippen molar-refractivity contribution in [1.82, 2.24) is 15.1 Å². The first-order valence-corrected chi connectivity index (χ1v) is 8.45. The number of rotatable bonds is 6. The molecule has 0 aliphatic rings. The van der Waals surface area contributed by atoms with Crippen LogP contribution in [0.5, 0.6) is 0 Å². The van der Waals surface area contributed by atoms with E-state index in [4.69, 9.17) is 5.73 Å². The number of aromatic nitrogens is 2. The SMILES string of the molecule is NC(=NCc1ccn(-c2ccc(F)cc2)n1)NCCc1cccs1. The fraction of sp³-hybridized carbons (Fsp3) is 0.176. The van der Waals surface area contributed by atoms with Gasteiger partial charge in [0.2, 0.25) is 0 Å². The molecule has 124 valence electrons. The van der Waals surface area contributed by atoms with Gasteiger partial charge in [0, 0.05) is 17.6 Å². The number of aliphatic imine (C=N–C) groups is 1. The molecule has 3 rings (SSSR count). The summed E-state index contributed by atoms with van der Waals surface area (Å²) in [6.07, 6.45) is 2.74. The van der Waals surface area contributed by atoms with Gasteiger partial charge in [0.15, 0.2) is 5.96 Å². The molecule has 0 aliphatic carbocycles. The fourth-order valence-electron chi connectivity index (χ4n) is 2.17. The highest BCUT2D eigenvalue weighted by Crippen LogP contribution is 2.10. The number of hydrogen-bond donors (Lipinski definition) is 2. The lowest BCUT2D eigenvalue weighted by Gasteiger charge is -2.04. The topological polar surface area (TPSA) is 68.2 Å². The van der Waals surface area contributed by atoms with Crippen molar-refractivity contribution in [3.63, 3.8) is 0 Å². The molecular formula is C17H18FN5S. The van der Waals surface area contributed by atoms with E-state index in [9.17, 15) is 4.39 Å². The van der Waals surface area contributed by atoms with Gasteiger partial charge in [-0.05, 0) is 48.2 Å². The number of nitrogens with two attached hydrogens (primary N) is 1. The van der Waals surface area contributed by atoms with Crippen LogP contribution in [0.3, 0.4) is 0 Å². The van der Waals surface area contributed by atoms with Gasteiger partial charge in [-0.2, -0.15) is 5.10 Å². The summed E-state index contributed by atoms with van der Waals surface area (Å²) in [6.45, 7) is 1.14. The molecule has 0 atom stereocenters. The van der Waals surface area contributed by atoms with Crippen molar-refractivity contribution in [3.8, 4) is 5.69 Å². The minimum Gasteiger partial charge on any atom is -0.370 e. The minimum absolute atomic E-state index is 0.267. The lowest BCUT2D eigenvalue weighted by atomic mass is 10.3. The summed E-state index contributed by atoms with van der Waals surface area (Å²) in [5, 5.41) is 9.56. The van der Waals surface area contributed by atoms with Crippen LogP contribution >= 0.6 is 11.3 Å². The van der Waals surface area contributed by atoms with Gasteiger partial charge in [0.25, 0.3) is 0 Å². The van der Waals surface area contributed by atoms with Gasteiger partial charge in [-0.15, -0.1) is 11.3 Å². The van der Waals surface area contributed by atoms with E-state index >= 15 is 0 Å². The minimum atomic E-state index is -0.267. The van der Waals surface area contributed by atoms with Gasteiger partial charge in [-0.1, -0.05) is 6.07 Å². The molecule has 2 aromatic heterocycles. The van der Waals surface area contributed by atoms with E-state index in [0.29, 0.717) is 12.5 Å². The van der Waals surface area contributed by atoms with Crippen LogP contribution in [0, 0.1) is 5.82 Å². The molecule has 0 saturated carbocycles. The summed E-state index contributed by atoms with van der Waals surface area (Å²) in [6, 6.07) is 12.2. The Balaban J connectivity index is 1.51. The summed E-state index contributed by atoms with van der Waals surface area (Å²) in [5.41, 5.74) is 7.46. The summed E-state index contributed by atoms with van der Waals surface area (Å²) < 4.78 is 14.6. The summed E-state index contributed by atoms with van der Waals surface area (Å²) in [7, 11) is 0. The number of benzene rings is 1. The van der Waals surface area contributed by atoms with Gasteiger partial charge >= 0.3 is 0 Å². The largest absolute Gasteiger partial charge is 0.370 e. The van der Waals surface area contributed by atoms with Crippen molar-refractivity contribution in [2.24, 2.45) is 10.7 Å². The second-order valence-electron chi connectivity index (χ2n) is 5.19. The Labute approximate surface area is 143 Å². The van der Waals surface area contributed by atoms with E-state index < -0.39 is 0 Å². The molecule has 3 aromatic rings. The second-order valence-corrected chi connectivity index (χ2v) is 6.22. The molecule has 1 aromatic carbocycles. The third kappa shape index (κ3) is 4.42. The predicted molar refractivity (Wildman–Crippen MR) is 94.9 cm³/mol. The quantitative estimate of drug-likeness (QED) is 0.534. The average molecular weight is 343 g/mol. The van der Waals surface area contributed by atoms with Crippen molar-refractivity contribution in [1.29, 1.82) is 0 Å². The van der Waals surface area contributed by atoms with Crippen molar-refractivity contribution >= 4 is 17.3 Å². The smallest absolute Gasteiger partial charge is 0.188 e. The van der Waals surface area contributed by atoms with Crippen LogP contribution in [0.4, 0.5) is 4.39 Å². The fourth-order valence-corrected chi connectivity index (χ4v) is 2.88. The van der Waals surface area contributed by atoms with E-state index in [-0.39, 0.29) is 5.82 Å². The van der Waals surface area contributed by atoms with Crippen LogP contribution in [-0.2, 0) is 13.0 Å². The van der Waals surface area contributed by atoms with E-state index in [1.54, 1.807) is 28.2 Å². The van der Waals surface area contributed by atoms with Crippen molar-refractivity contribution in [2.75, 3.05) is 6.54 Å². The lowest BCUT2D eigenvalue weighted by Crippen LogP contribution is -2.33. The summed E-state index contributed by atoms with van der Waals surface area (Å²) >= 11 is 1.73. The maximum Gasteiger partial charge on any atom is 0.188 e. The first-order chi connectivity index (χ1) is 11.7. The zero-order chi connectivity index (χ0) is 16.8. The Hall–Kier alpha value is -2.67. The van der Waals surface area contributed by atoms with Crippen molar-refractivity contribution in [3.05, 3.63) is 70.4 Å². The van der Waals surface area contributed by atoms with Gasteiger partial charge in [0.1, 0.15) is 5.82 Å². The first kappa shape index (κ1) is 16.2. The standard InChI is InChI=1S/C17H18FN5S/c18-13-3-5-15(6-4-13)23-10-8-14(22-23)12-21-17(19)20-9-7-16-2-1-11-24-16/h1-6,8,10-11H,7,9,12H2,(H3,19,20,21). The highest BCUT2D eigenvalue weighted by molar-refractivity contribution is 7.09. The lowest BCUT2D eigenvalue weighted by molar-refractivity contribution is 0.627. The monoisotopic (exact) mass is 343 g/mol. The van der Waals surface area contributed by atoms with Gasteiger partial charge in [-0.3, -0.25) is 0 Å². The Kier molecular flexibility index (Phi) is 5.22. The molecule has 0 fully saturated rings. The Morgan fingerprint density at radius 1 is 1.25 bits per heavy atom. The van der Waals surface area contributed by atoms with E-state index in [0.717, 1.165) is 24.3 Å². The zero-order valence-electron chi connectivity index (χ0n) is 13.0. The number of halogens is 1. The molecule has 5 nitrogen and oxygen atoms in total. The average Bonchev–Trinajstić information content (AvgIpc) is 3.25. The number of thiophene rings is 1. The molecule has 2 heterocycles. The zero-order valence-corrected chi connectivity index (χ0v) is 13.8. The summed E-state index contributed by atoms with van der Waals surface area (Å²) in [5.74, 6) is 0.139. The Morgan fingerprint density at radius 2 is 2.08 bits per heavy atom. The van der Waals surface area contributed by atoms with Crippen molar-refractivity contribution < 1.29 is 4.39 Å². The summed E-state index contributed by atoms with van der Waals surface area (Å²) in [4.78, 5) is 5.60. The number of guanidine groups is 1. The van der Waals surface area contributed by atoms with Crippen LogP contribution in [0.2, 0.25) is 0 Å². The number of nitrogens with one attached hydrogen (secondary N) is 1. The highest BCUT2D eigenvalue weighted by Gasteiger charge is 2.02. The van der Waals surface area contributed by atoms with Gasteiger partial charge < -0.3 is 11.1 Å². The van der Waals surface area contributed by atoms with Crippen LogP contribution in [0.1, 0.15) is 10.6 Å². The second kappa shape index (κ2) is 7.74. The molecule has 0 bridgehead atoms. The molecule has 0 radical (unpaired) electrons. The molecule has 7 heteroatoms. The third-order valence-corrected chi connectivity index (χ3v) is 4.34. The molecule has 0 unspecified atom stereocenters. The normalized spacial score (nSPS) is 11.6. The van der Waals surface area contributed by atoms with Crippen molar-refractivity contribution in [2.45, 2.75) is 13.0 Å². The third-order valence-electron chi connectivity index (χ3n) is 3.40. The van der Waals surface area contributed by atoms with Crippen LogP contribution < -0.4 is 11.1 Å². The Bertz CT molecular complexity index is 793. The molecule has 24 heavy (non-hydrogen) atoms. The molecule has 0 spiro atoms. The van der Waals surface area contributed by atoms with Crippen LogP contribution in [-0.4, -0.2) is 22.3 Å². The van der Waals surface area contributed by atoms with Crippen LogP contribution in [0.15, 0.2) is 59.0 Å². The van der Waals surface area contributed by atoms with Gasteiger partial charge in [-0.25, -0.2) is 14.1 Å². The van der Waals surface area contributed by atoms with E-state index in [1.165, 1.54) is 17.0 Å². The number of nitrogens with zero attached hydrogens (tertiary/aromatic N) is 3. The molecular weight excluding hydrogens is 325 g/mol. The molecule has 3 N–H and O–H groups in total. The number of hydrogen-bond acceptors (Lipinski definition) is 3.